The van der Waals surface area contributed by atoms with Crippen molar-refractivity contribution in [2.24, 2.45) is 0 Å². The molecule has 0 saturated heterocycles. The predicted octanol–water partition coefficient (Wildman–Crippen LogP) is 3.01. The highest BCUT2D eigenvalue weighted by Crippen LogP contribution is 2.34. The average molecular weight is 232 g/mol. The lowest BCUT2D eigenvalue weighted by Gasteiger charge is -2.03. The largest absolute Gasteiger partial charge is 0.449 e. The second-order valence-electron chi connectivity index (χ2n) is 2.76. The van der Waals surface area contributed by atoms with E-state index in [0.717, 1.165) is 0 Å². The van der Waals surface area contributed by atoms with Crippen molar-refractivity contribution in [2.75, 3.05) is 0 Å². The van der Waals surface area contributed by atoms with Crippen LogP contribution in [-0.4, -0.2) is 9.97 Å². The van der Waals surface area contributed by atoms with Crippen LogP contribution in [0.2, 0.25) is 0 Å². The van der Waals surface area contributed by atoms with Gasteiger partial charge >= 0.3 is 12.4 Å². The van der Waals surface area contributed by atoms with Crippen molar-refractivity contribution in [3.63, 3.8) is 0 Å². The summed E-state index contributed by atoms with van der Waals surface area (Å²) in [5, 5.41) is 0. The molecule has 1 aromatic heterocycles. The maximum absolute atomic E-state index is 12.2. The lowest BCUT2D eigenvalue weighted by Crippen LogP contribution is -2.10. The highest BCUT2D eigenvalue weighted by molar-refractivity contribution is 5.19. The number of H-pyrrole nitrogens is 1. The van der Waals surface area contributed by atoms with Gasteiger partial charge in [-0.3, -0.25) is 0 Å². The molecule has 0 unspecified atom stereocenters. The minimum Gasteiger partial charge on any atom is -0.338 e. The summed E-state index contributed by atoms with van der Waals surface area (Å²) in [4.78, 5) is 4.14. The van der Waals surface area contributed by atoms with Crippen LogP contribution in [0, 0.1) is 0 Å². The van der Waals surface area contributed by atoms with Gasteiger partial charge < -0.3 is 4.98 Å². The zero-order chi connectivity index (χ0) is 11.9. The molecule has 0 aliphatic rings. The van der Waals surface area contributed by atoms with E-state index in [1.54, 1.807) is 4.98 Å². The van der Waals surface area contributed by atoms with Crippen molar-refractivity contribution >= 4 is 0 Å². The predicted molar refractivity (Wildman–Crippen MR) is 38.0 cm³/mol. The number of aromatic nitrogens is 2. The van der Waals surface area contributed by atoms with E-state index in [0.29, 0.717) is 0 Å². The molecular formula is C7H6F6N2. The number of aromatic amines is 1. The summed E-state index contributed by atoms with van der Waals surface area (Å²) in [6.07, 6.45) is -9.96. The molecule has 0 aliphatic heterocycles. The van der Waals surface area contributed by atoms with Crippen LogP contribution in [0.25, 0.3) is 0 Å². The van der Waals surface area contributed by atoms with Gasteiger partial charge in [-0.1, -0.05) is 6.92 Å². The van der Waals surface area contributed by atoms with Crippen LogP contribution in [0.3, 0.4) is 0 Å². The Morgan fingerprint density at radius 2 is 1.60 bits per heavy atom. The summed E-state index contributed by atoms with van der Waals surface area (Å²) >= 11 is 0. The van der Waals surface area contributed by atoms with Gasteiger partial charge in [-0.05, 0) is 6.42 Å². The van der Waals surface area contributed by atoms with Crippen LogP contribution < -0.4 is 0 Å². The third-order valence-electron chi connectivity index (χ3n) is 1.67. The van der Waals surface area contributed by atoms with Gasteiger partial charge in [0.2, 0.25) is 5.82 Å². The minimum atomic E-state index is -4.90. The molecule has 2 nitrogen and oxygen atoms in total. The van der Waals surface area contributed by atoms with Crippen LogP contribution >= 0.6 is 0 Å². The van der Waals surface area contributed by atoms with E-state index in [2.05, 4.69) is 4.98 Å². The fourth-order valence-electron chi connectivity index (χ4n) is 1.03. The van der Waals surface area contributed by atoms with Crippen molar-refractivity contribution in [1.82, 2.24) is 9.97 Å². The fourth-order valence-corrected chi connectivity index (χ4v) is 1.03. The van der Waals surface area contributed by atoms with E-state index in [9.17, 15) is 26.3 Å². The Morgan fingerprint density at radius 1 is 1.07 bits per heavy atom. The van der Waals surface area contributed by atoms with E-state index in [1.807, 2.05) is 0 Å². The Hall–Kier alpha value is -1.21. The number of hydrogen-bond donors (Lipinski definition) is 1. The maximum atomic E-state index is 12.2. The quantitative estimate of drug-likeness (QED) is 0.741. The first kappa shape index (κ1) is 11.9. The van der Waals surface area contributed by atoms with Gasteiger partial charge in [0.05, 0.1) is 0 Å². The topological polar surface area (TPSA) is 28.7 Å². The van der Waals surface area contributed by atoms with Gasteiger partial charge in [-0.15, -0.1) is 0 Å². The number of nitrogens with zero attached hydrogens (tertiary/aromatic N) is 1. The molecule has 0 amide bonds. The van der Waals surface area contributed by atoms with Crippen LogP contribution in [0.1, 0.15) is 24.1 Å². The Balaban J connectivity index is 3.24. The zero-order valence-electron chi connectivity index (χ0n) is 7.42. The average Bonchev–Trinajstić information content (AvgIpc) is 2.44. The number of halogens is 6. The van der Waals surface area contributed by atoms with Crippen LogP contribution in [-0.2, 0) is 18.8 Å². The van der Waals surface area contributed by atoms with Gasteiger partial charge in [0.15, 0.2) is 5.69 Å². The van der Waals surface area contributed by atoms with E-state index >= 15 is 0 Å². The van der Waals surface area contributed by atoms with Gasteiger partial charge in [-0.25, -0.2) is 4.98 Å². The first-order valence-corrected chi connectivity index (χ1v) is 3.89. The van der Waals surface area contributed by atoms with Crippen molar-refractivity contribution < 1.29 is 26.3 Å². The molecule has 0 atom stereocenters. The SMILES string of the molecule is CCc1[nH]c(C(F)(F)F)nc1C(F)(F)F. The molecule has 0 spiro atoms. The Labute approximate surface area is 80.3 Å². The monoisotopic (exact) mass is 232 g/mol. The third kappa shape index (κ3) is 2.42. The second kappa shape index (κ2) is 3.42. The number of aryl methyl sites for hydroxylation is 1. The molecule has 1 aromatic rings. The molecule has 0 saturated carbocycles. The zero-order valence-corrected chi connectivity index (χ0v) is 7.42. The normalized spacial score (nSPS) is 13.3. The third-order valence-corrected chi connectivity index (χ3v) is 1.67. The molecule has 0 fully saturated rings. The molecule has 1 heterocycles. The Kier molecular flexibility index (Phi) is 2.71. The van der Waals surface area contributed by atoms with Crippen LogP contribution in [0.4, 0.5) is 26.3 Å². The molecule has 1 rings (SSSR count). The van der Waals surface area contributed by atoms with Crippen molar-refractivity contribution in [2.45, 2.75) is 25.7 Å². The second-order valence-corrected chi connectivity index (χ2v) is 2.76. The molecule has 0 radical (unpaired) electrons. The summed E-state index contributed by atoms with van der Waals surface area (Å²) in [6.45, 7) is 1.31. The smallest absolute Gasteiger partial charge is 0.338 e. The number of rotatable bonds is 1. The number of imidazole rings is 1. The summed E-state index contributed by atoms with van der Waals surface area (Å²) in [5.41, 5.74) is -2.06. The molecule has 0 bridgehead atoms. The van der Waals surface area contributed by atoms with E-state index in [4.69, 9.17) is 0 Å². The van der Waals surface area contributed by atoms with E-state index in [-0.39, 0.29) is 6.42 Å². The van der Waals surface area contributed by atoms with E-state index < -0.39 is 29.6 Å². The first-order chi connectivity index (χ1) is 6.66. The summed E-state index contributed by atoms with van der Waals surface area (Å²) in [6, 6.07) is 0. The maximum Gasteiger partial charge on any atom is 0.449 e. The Morgan fingerprint density at radius 3 is 1.87 bits per heavy atom. The van der Waals surface area contributed by atoms with Gasteiger partial charge in [0.25, 0.3) is 0 Å². The van der Waals surface area contributed by atoms with Crippen molar-refractivity contribution in [3.05, 3.63) is 17.2 Å². The van der Waals surface area contributed by atoms with Crippen LogP contribution in [0.15, 0.2) is 0 Å². The van der Waals surface area contributed by atoms with E-state index in [1.165, 1.54) is 6.92 Å². The molecule has 8 heteroatoms. The molecule has 0 aliphatic carbocycles. The summed E-state index contributed by atoms with van der Waals surface area (Å²) in [7, 11) is 0. The summed E-state index contributed by atoms with van der Waals surface area (Å²) < 4.78 is 72.7. The number of alkyl halides is 6. The fraction of sp³-hybridized carbons (Fsp3) is 0.571. The van der Waals surface area contributed by atoms with Crippen molar-refractivity contribution in [1.29, 1.82) is 0 Å². The number of hydrogen-bond acceptors (Lipinski definition) is 1. The Bertz CT molecular complexity index is 347. The van der Waals surface area contributed by atoms with Gasteiger partial charge in [0.1, 0.15) is 0 Å². The standard InChI is InChI=1S/C7H6F6N2/c1-2-3-4(6(8,9)10)15-5(14-3)7(11,12)13/h2H2,1H3,(H,14,15). The molecule has 86 valence electrons. The van der Waals surface area contributed by atoms with Gasteiger partial charge in [0, 0.05) is 5.69 Å². The first-order valence-electron chi connectivity index (χ1n) is 3.89. The highest BCUT2D eigenvalue weighted by Gasteiger charge is 2.42. The lowest BCUT2D eigenvalue weighted by atomic mass is 10.2. The molecule has 0 aromatic carbocycles. The molecule has 15 heavy (non-hydrogen) atoms. The summed E-state index contributed by atoms with van der Waals surface area (Å²) in [5.74, 6) is -1.62. The highest BCUT2D eigenvalue weighted by atomic mass is 19.4. The molecule has 1 N–H and O–H groups in total. The minimum absolute atomic E-state index is 0.197. The molecular weight excluding hydrogens is 226 g/mol. The van der Waals surface area contributed by atoms with Crippen LogP contribution in [0.5, 0.6) is 0 Å². The lowest BCUT2D eigenvalue weighted by molar-refractivity contribution is -0.149. The van der Waals surface area contributed by atoms with Crippen molar-refractivity contribution in [3.8, 4) is 0 Å². The number of nitrogens with one attached hydrogen (secondary N) is 1. The van der Waals surface area contributed by atoms with Gasteiger partial charge in [-0.2, -0.15) is 26.3 Å².